The summed E-state index contributed by atoms with van der Waals surface area (Å²) >= 11 is 0. The molecule has 4 nitrogen and oxygen atoms in total. The van der Waals surface area contributed by atoms with Crippen molar-refractivity contribution in [2.24, 2.45) is 5.73 Å². The molecule has 18 heavy (non-hydrogen) atoms. The van der Waals surface area contributed by atoms with Gasteiger partial charge in [0.25, 0.3) is 0 Å². The second-order valence-electron chi connectivity index (χ2n) is 3.59. The SMILES string of the molecule is NCCN(Pc1ccccn1)Pc1ccccn1. The summed E-state index contributed by atoms with van der Waals surface area (Å²) in [5.74, 6) is 0. The van der Waals surface area contributed by atoms with E-state index in [2.05, 4.69) is 14.4 Å². The Kier molecular flexibility index (Phi) is 5.63. The van der Waals surface area contributed by atoms with Crippen LogP contribution in [-0.2, 0) is 0 Å². The van der Waals surface area contributed by atoms with E-state index in [9.17, 15) is 0 Å². The largest absolute Gasteiger partial charge is 0.329 e. The summed E-state index contributed by atoms with van der Waals surface area (Å²) < 4.78 is 2.31. The van der Waals surface area contributed by atoms with Gasteiger partial charge < -0.3 is 5.73 Å². The highest BCUT2D eigenvalue weighted by molar-refractivity contribution is 7.59. The maximum Gasteiger partial charge on any atom is 0.0753 e. The minimum absolute atomic E-state index is 0.543. The van der Waals surface area contributed by atoms with Crippen LogP contribution in [-0.4, -0.2) is 27.5 Å². The average molecular weight is 278 g/mol. The summed E-state index contributed by atoms with van der Waals surface area (Å²) in [5, 5.41) is 0. The lowest BCUT2D eigenvalue weighted by Crippen LogP contribution is -2.21. The van der Waals surface area contributed by atoms with Gasteiger partial charge in [0.05, 0.1) is 10.9 Å². The predicted octanol–water partition coefficient (Wildman–Crippen LogP) is 0.875. The van der Waals surface area contributed by atoms with Gasteiger partial charge in [0.2, 0.25) is 0 Å². The summed E-state index contributed by atoms with van der Waals surface area (Å²) in [6, 6.07) is 12.0. The van der Waals surface area contributed by atoms with Gasteiger partial charge in [-0.15, -0.1) is 0 Å². The van der Waals surface area contributed by atoms with Crippen LogP contribution in [0, 0.1) is 0 Å². The van der Waals surface area contributed by atoms with E-state index in [4.69, 9.17) is 5.73 Å². The van der Waals surface area contributed by atoms with E-state index in [0.29, 0.717) is 24.0 Å². The van der Waals surface area contributed by atoms with Crippen LogP contribution < -0.4 is 16.6 Å². The van der Waals surface area contributed by atoms with Crippen molar-refractivity contribution in [3.63, 3.8) is 0 Å². The Bertz CT molecular complexity index is 411. The van der Waals surface area contributed by atoms with Crippen LogP contribution in [0.5, 0.6) is 0 Å². The number of nitrogens with zero attached hydrogens (tertiary/aromatic N) is 3. The van der Waals surface area contributed by atoms with Crippen molar-refractivity contribution in [2.45, 2.75) is 0 Å². The van der Waals surface area contributed by atoms with Crippen molar-refractivity contribution in [1.82, 2.24) is 14.4 Å². The third-order valence-electron chi connectivity index (χ3n) is 2.18. The van der Waals surface area contributed by atoms with Crippen LogP contribution in [0.15, 0.2) is 48.8 Å². The minimum atomic E-state index is 0.543. The highest BCUT2D eigenvalue weighted by Crippen LogP contribution is 2.29. The Labute approximate surface area is 111 Å². The van der Waals surface area contributed by atoms with Crippen LogP contribution in [0.3, 0.4) is 0 Å². The van der Waals surface area contributed by atoms with Crippen LogP contribution in [0.25, 0.3) is 0 Å². The molecule has 2 aromatic rings. The summed E-state index contributed by atoms with van der Waals surface area (Å²) in [6.45, 7) is 1.52. The van der Waals surface area contributed by atoms with Crippen molar-refractivity contribution >= 4 is 28.3 Å². The Morgan fingerprint density at radius 1 is 0.944 bits per heavy atom. The highest BCUT2D eigenvalue weighted by Gasteiger charge is 2.07. The number of aromatic nitrogens is 2. The quantitative estimate of drug-likeness (QED) is 0.797. The molecule has 94 valence electrons. The van der Waals surface area contributed by atoms with E-state index in [1.165, 1.54) is 0 Å². The Morgan fingerprint density at radius 3 is 1.89 bits per heavy atom. The van der Waals surface area contributed by atoms with E-state index in [-0.39, 0.29) is 0 Å². The standard InChI is InChI=1S/C12H16N4P2/c13-7-10-16(17-11-5-1-3-8-14-11)18-12-6-2-4-9-15-12/h1-6,8-9,17-18H,7,10,13H2. The van der Waals surface area contributed by atoms with E-state index in [0.717, 1.165) is 17.4 Å². The molecule has 0 aromatic carbocycles. The molecule has 0 radical (unpaired) electrons. The number of pyridine rings is 2. The maximum atomic E-state index is 5.66. The van der Waals surface area contributed by atoms with Gasteiger partial charge in [0.1, 0.15) is 0 Å². The zero-order valence-corrected chi connectivity index (χ0v) is 12.0. The minimum Gasteiger partial charge on any atom is -0.329 e. The molecular weight excluding hydrogens is 262 g/mol. The molecule has 2 heterocycles. The first kappa shape index (κ1) is 13.5. The molecule has 2 rings (SSSR count). The zero-order chi connectivity index (χ0) is 12.6. The summed E-state index contributed by atoms with van der Waals surface area (Å²) in [5.41, 5.74) is 7.85. The van der Waals surface area contributed by atoms with Crippen LogP contribution >= 0.6 is 17.5 Å². The number of hydrogen-bond acceptors (Lipinski definition) is 4. The van der Waals surface area contributed by atoms with Gasteiger partial charge >= 0.3 is 0 Å². The van der Waals surface area contributed by atoms with Crippen molar-refractivity contribution in [2.75, 3.05) is 13.1 Å². The first-order valence-electron chi connectivity index (χ1n) is 5.71. The van der Waals surface area contributed by atoms with Crippen molar-refractivity contribution in [3.8, 4) is 0 Å². The van der Waals surface area contributed by atoms with Gasteiger partial charge in [0, 0.05) is 42.9 Å². The molecular formula is C12H16N4P2. The third-order valence-corrected chi connectivity index (χ3v) is 4.89. The monoisotopic (exact) mass is 278 g/mol. The van der Waals surface area contributed by atoms with E-state index >= 15 is 0 Å². The van der Waals surface area contributed by atoms with Crippen molar-refractivity contribution in [3.05, 3.63) is 48.8 Å². The second-order valence-corrected chi connectivity index (χ2v) is 6.59. The lowest BCUT2D eigenvalue weighted by molar-refractivity contribution is 0.726. The van der Waals surface area contributed by atoms with Crippen LogP contribution in [0.4, 0.5) is 0 Å². The molecule has 0 spiro atoms. The van der Waals surface area contributed by atoms with Gasteiger partial charge in [-0.1, -0.05) is 12.1 Å². The fourth-order valence-corrected chi connectivity index (χ4v) is 3.96. The molecule has 6 heteroatoms. The fraction of sp³-hybridized carbons (Fsp3) is 0.167. The molecule has 0 aliphatic carbocycles. The normalized spacial score (nSPS) is 12.1. The molecule has 2 N–H and O–H groups in total. The summed E-state index contributed by atoms with van der Waals surface area (Å²) in [7, 11) is 1.09. The maximum absolute atomic E-state index is 5.66. The third kappa shape index (κ3) is 4.40. The molecule has 0 bridgehead atoms. The first-order valence-corrected chi connectivity index (χ1v) is 7.61. The van der Waals surface area contributed by atoms with Gasteiger partial charge in [-0.2, -0.15) is 0 Å². The lowest BCUT2D eigenvalue weighted by atomic mass is 10.5. The smallest absolute Gasteiger partial charge is 0.0753 e. The first-order chi connectivity index (χ1) is 8.88. The van der Waals surface area contributed by atoms with Crippen molar-refractivity contribution < 1.29 is 0 Å². The molecule has 2 aromatic heterocycles. The zero-order valence-electron chi connectivity index (χ0n) is 9.95. The predicted molar refractivity (Wildman–Crippen MR) is 80.1 cm³/mol. The topological polar surface area (TPSA) is 55.0 Å². The van der Waals surface area contributed by atoms with Gasteiger partial charge in [0.15, 0.2) is 0 Å². The average Bonchev–Trinajstić information content (AvgIpc) is 2.41. The Balaban J connectivity index is 2.00. The van der Waals surface area contributed by atoms with Crippen LogP contribution in [0.2, 0.25) is 0 Å². The van der Waals surface area contributed by atoms with Gasteiger partial charge in [-0.25, -0.2) is 0 Å². The van der Waals surface area contributed by atoms with E-state index in [1.807, 2.05) is 48.8 Å². The molecule has 0 aliphatic heterocycles. The molecule has 0 saturated heterocycles. The van der Waals surface area contributed by atoms with Crippen LogP contribution in [0.1, 0.15) is 0 Å². The van der Waals surface area contributed by atoms with Gasteiger partial charge in [-0.3, -0.25) is 14.4 Å². The Hall–Kier alpha value is -0.920. The number of hydrogen-bond donors (Lipinski definition) is 1. The van der Waals surface area contributed by atoms with Gasteiger partial charge in [-0.05, 0) is 24.3 Å². The Morgan fingerprint density at radius 2 is 1.50 bits per heavy atom. The summed E-state index contributed by atoms with van der Waals surface area (Å²) in [6.07, 6.45) is 3.65. The fourth-order valence-electron chi connectivity index (χ4n) is 1.40. The molecule has 0 amide bonds. The second kappa shape index (κ2) is 7.50. The lowest BCUT2D eigenvalue weighted by Gasteiger charge is -2.20. The number of nitrogens with two attached hydrogens (primary N) is 1. The van der Waals surface area contributed by atoms with Crippen molar-refractivity contribution in [1.29, 1.82) is 0 Å². The molecule has 2 unspecified atom stereocenters. The molecule has 0 saturated carbocycles. The summed E-state index contributed by atoms with van der Waals surface area (Å²) in [4.78, 5) is 8.71. The van der Waals surface area contributed by atoms with E-state index < -0.39 is 0 Å². The highest BCUT2D eigenvalue weighted by atomic mass is 31.1. The molecule has 0 fully saturated rings. The number of rotatable bonds is 6. The molecule has 2 atom stereocenters. The van der Waals surface area contributed by atoms with E-state index in [1.54, 1.807) is 0 Å². The molecule has 0 aliphatic rings.